The van der Waals surface area contributed by atoms with Gasteiger partial charge in [0, 0.05) is 5.69 Å². The fourth-order valence-electron chi connectivity index (χ4n) is 2.48. The first-order valence-corrected chi connectivity index (χ1v) is 7.51. The minimum atomic E-state index is -0.675. The van der Waals surface area contributed by atoms with Gasteiger partial charge in [0.1, 0.15) is 5.75 Å². The minimum absolute atomic E-state index is 0. The highest BCUT2D eigenvalue weighted by atomic mass is 35.5. The topological polar surface area (TPSA) is 64.4 Å². The van der Waals surface area contributed by atoms with Crippen molar-refractivity contribution in [1.29, 1.82) is 0 Å². The van der Waals surface area contributed by atoms with Crippen LogP contribution in [0.5, 0.6) is 5.75 Å². The summed E-state index contributed by atoms with van der Waals surface area (Å²) in [6.45, 7) is 0. The van der Waals surface area contributed by atoms with Gasteiger partial charge in [-0.05, 0) is 56.7 Å². The zero-order valence-electron chi connectivity index (χ0n) is 11.7. The minimum Gasteiger partial charge on any atom is -0.489 e. The lowest BCUT2D eigenvalue weighted by Gasteiger charge is -2.16. The van der Waals surface area contributed by atoms with Gasteiger partial charge in [-0.3, -0.25) is 4.79 Å². The molecule has 116 valence electrons. The molecule has 6 heteroatoms. The second-order valence-corrected chi connectivity index (χ2v) is 6.19. The summed E-state index contributed by atoms with van der Waals surface area (Å²) in [6.07, 6.45) is 6.37. The molecule has 1 aromatic rings. The number of hydrogen-bond acceptors (Lipinski definition) is 3. The lowest BCUT2D eigenvalue weighted by molar-refractivity contribution is -0.118. The second kappa shape index (κ2) is 6.42. The first-order valence-electron chi connectivity index (χ1n) is 7.13. The molecule has 21 heavy (non-hydrogen) atoms. The lowest BCUT2D eigenvalue weighted by Crippen LogP contribution is -2.37. The summed E-state index contributed by atoms with van der Waals surface area (Å²) in [5.41, 5.74) is 5.83. The maximum Gasteiger partial charge on any atom is 0.244 e. The molecular formula is C15H20Cl2N2O2. The van der Waals surface area contributed by atoms with Crippen molar-refractivity contribution >= 4 is 35.6 Å². The molecule has 2 saturated carbocycles. The van der Waals surface area contributed by atoms with Gasteiger partial charge in [0.05, 0.1) is 16.7 Å². The summed E-state index contributed by atoms with van der Waals surface area (Å²) in [7, 11) is 0. The van der Waals surface area contributed by atoms with Crippen LogP contribution in [0.2, 0.25) is 5.02 Å². The molecule has 4 nitrogen and oxygen atoms in total. The normalized spacial score (nSPS) is 19.7. The predicted molar refractivity (Wildman–Crippen MR) is 86.4 cm³/mol. The van der Waals surface area contributed by atoms with Crippen LogP contribution in [0.4, 0.5) is 5.69 Å². The van der Waals surface area contributed by atoms with E-state index in [1.807, 2.05) is 6.07 Å². The smallest absolute Gasteiger partial charge is 0.244 e. The fraction of sp³-hybridized carbons (Fsp3) is 0.533. The zero-order valence-corrected chi connectivity index (χ0v) is 13.3. The number of carbonyl (C=O) groups excluding carboxylic acids is 1. The van der Waals surface area contributed by atoms with E-state index in [1.54, 1.807) is 12.1 Å². The zero-order chi connectivity index (χ0) is 14.2. The van der Waals surface area contributed by atoms with Crippen molar-refractivity contribution in [1.82, 2.24) is 0 Å². The van der Waals surface area contributed by atoms with Crippen LogP contribution in [-0.4, -0.2) is 17.6 Å². The Balaban J connectivity index is 0.00000161. The Morgan fingerprint density at radius 3 is 2.57 bits per heavy atom. The number of anilines is 1. The molecule has 0 bridgehead atoms. The summed E-state index contributed by atoms with van der Waals surface area (Å²) in [4.78, 5) is 11.9. The molecule has 0 radical (unpaired) electrons. The van der Waals surface area contributed by atoms with Crippen molar-refractivity contribution in [3.63, 3.8) is 0 Å². The van der Waals surface area contributed by atoms with Crippen LogP contribution in [-0.2, 0) is 4.79 Å². The number of carbonyl (C=O) groups is 1. The van der Waals surface area contributed by atoms with E-state index in [0.29, 0.717) is 16.5 Å². The van der Waals surface area contributed by atoms with Crippen LogP contribution in [0.3, 0.4) is 0 Å². The third-order valence-corrected chi connectivity index (χ3v) is 4.32. The molecule has 1 amide bonds. The van der Waals surface area contributed by atoms with Gasteiger partial charge in [-0.1, -0.05) is 11.6 Å². The highest BCUT2D eigenvalue weighted by Gasteiger charge is 2.45. The first-order chi connectivity index (χ1) is 9.57. The summed E-state index contributed by atoms with van der Waals surface area (Å²) in [5, 5.41) is 3.33. The molecule has 0 saturated heterocycles. The number of nitrogens with one attached hydrogen (secondary N) is 1. The number of rotatable bonds is 4. The Hall–Kier alpha value is -0.970. The average molecular weight is 331 g/mol. The van der Waals surface area contributed by atoms with Gasteiger partial charge in [-0.15, -0.1) is 12.4 Å². The molecule has 1 aromatic carbocycles. The number of benzene rings is 1. The van der Waals surface area contributed by atoms with E-state index in [4.69, 9.17) is 22.1 Å². The summed E-state index contributed by atoms with van der Waals surface area (Å²) in [6, 6.07) is 5.33. The van der Waals surface area contributed by atoms with Crippen LogP contribution in [0, 0.1) is 0 Å². The molecule has 0 unspecified atom stereocenters. The van der Waals surface area contributed by atoms with Gasteiger partial charge in [-0.2, -0.15) is 0 Å². The highest BCUT2D eigenvalue weighted by Crippen LogP contribution is 2.35. The summed E-state index contributed by atoms with van der Waals surface area (Å²) < 4.78 is 5.88. The van der Waals surface area contributed by atoms with Gasteiger partial charge in [-0.25, -0.2) is 0 Å². The number of hydrogen-bond donors (Lipinski definition) is 2. The monoisotopic (exact) mass is 330 g/mol. The van der Waals surface area contributed by atoms with Crippen molar-refractivity contribution < 1.29 is 9.53 Å². The standard InChI is InChI=1S/C15H19ClN2O2.ClH/c16-12-9-10(18-14(19)15(17)7-8-15)5-6-13(12)20-11-3-1-2-4-11;/h5-6,9,11H,1-4,7-8,17H2,(H,18,19);1H. The lowest BCUT2D eigenvalue weighted by atomic mass is 10.2. The Bertz CT molecular complexity index is 526. The number of ether oxygens (including phenoxy) is 1. The molecule has 3 N–H and O–H groups in total. The highest BCUT2D eigenvalue weighted by molar-refractivity contribution is 6.32. The molecule has 0 spiro atoms. The molecule has 0 aromatic heterocycles. The van der Waals surface area contributed by atoms with Crippen molar-refractivity contribution in [3.8, 4) is 5.75 Å². The van der Waals surface area contributed by atoms with Crippen molar-refractivity contribution in [3.05, 3.63) is 23.2 Å². The van der Waals surface area contributed by atoms with Crippen molar-refractivity contribution in [2.45, 2.75) is 50.2 Å². The molecular weight excluding hydrogens is 311 g/mol. The maximum atomic E-state index is 11.9. The molecule has 0 atom stereocenters. The fourth-order valence-corrected chi connectivity index (χ4v) is 2.70. The molecule has 2 aliphatic carbocycles. The van der Waals surface area contributed by atoms with E-state index in [2.05, 4.69) is 5.32 Å². The quantitative estimate of drug-likeness (QED) is 0.887. The SMILES string of the molecule is Cl.NC1(C(=O)Nc2ccc(OC3CCCC3)c(Cl)c2)CC1. The second-order valence-electron chi connectivity index (χ2n) is 5.78. The van der Waals surface area contributed by atoms with Gasteiger partial charge >= 0.3 is 0 Å². The molecule has 3 rings (SSSR count). The van der Waals surface area contributed by atoms with E-state index in [-0.39, 0.29) is 24.4 Å². The Morgan fingerprint density at radius 2 is 2.00 bits per heavy atom. The van der Waals surface area contributed by atoms with E-state index in [1.165, 1.54) is 12.8 Å². The van der Waals surface area contributed by atoms with Crippen molar-refractivity contribution in [2.75, 3.05) is 5.32 Å². The van der Waals surface area contributed by atoms with Crippen LogP contribution in [0.25, 0.3) is 0 Å². The van der Waals surface area contributed by atoms with Gasteiger partial charge in [0.2, 0.25) is 5.91 Å². The van der Waals surface area contributed by atoms with E-state index >= 15 is 0 Å². The molecule has 0 heterocycles. The number of halogens is 2. The Kier molecular flexibility index (Phi) is 5.02. The van der Waals surface area contributed by atoms with Gasteiger partial charge in [0.15, 0.2) is 0 Å². The van der Waals surface area contributed by atoms with Crippen LogP contribution in [0.15, 0.2) is 18.2 Å². The maximum absolute atomic E-state index is 11.9. The largest absolute Gasteiger partial charge is 0.489 e. The average Bonchev–Trinajstić information content (AvgIpc) is 2.97. The van der Waals surface area contributed by atoms with Crippen LogP contribution in [0.1, 0.15) is 38.5 Å². The third kappa shape index (κ3) is 3.82. The van der Waals surface area contributed by atoms with E-state index in [0.717, 1.165) is 25.7 Å². The molecule has 2 aliphatic rings. The number of nitrogens with two attached hydrogens (primary N) is 1. The Labute approximate surface area is 135 Å². The van der Waals surface area contributed by atoms with Crippen LogP contribution >= 0.6 is 24.0 Å². The summed E-state index contributed by atoms with van der Waals surface area (Å²) >= 11 is 6.21. The first kappa shape index (κ1) is 16.4. The van der Waals surface area contributed by atoms with Crippen molar-refractivity contribution in [2.24, 2.45) is 5.73 Å². The van der Waals surface area contributed by atoms with E-state index in [9.17, 15) is 4.79 Å². The van der Waals surface area contributed by atoms with Gasteiger partial charge in [0.25, 0.3) is 0 Å². The Morgan fingerprint density at radius 1 is 1.33 bits per heavy atom. The molecule has 2 fully saturated rings. The summed E-state index contributed by atoms with van der Waals surface area (Å²) in [5.74, 6) is 0.545. The predicted octanol–water partition coefficient (Wildman–Crippen LogP) is 3.51. The van der Waals surface area contributed by atoms with Gasteiger partial charge < -0.3 is 15.8 Å². The van der Waals surface area contributed by atoms with Crippen LogP contribution < -0.4 is 15.8 Å². The molecule has 0 aliphatic heterocycles. The third-order valence-electron chi connectivity index (χ3n) is 4.03. The number of amides is 1. The van der Waals surface area contributed by atoms with E-state index < -0.39 is 5.54 Å².